The molecule has 3 aromatic rings. The lowest BCUT2D eigenvalue weighted by molar-refractivity contribution is 0.179. The summed E-state index contributed by atoms with van der Waals surface area (Å²) in [6, 6.07) is 8.03. The van der Waals surface area contributed by atoms with Crippen molar-refractivity contribution in [1.82, 2.24) is 25.4 Å². The number of urea groups is 1. The number of nitrogens with zero attached hydrogens (tertiary/aromatic N) is 2. The van der Waals surface area contributed by atoms with Crippen LogP contribution >= 0.6 is 0 Å². The van der Waals surface area contributed by atoms with Crippen LogP contribution in [-0.4, -0.2) is 52.4 Å². The molecule has 7 heteroatoms. The minimum atomic E-state index is 0.00842. The summed E-state index contributed by atoms with van der Waals surface area (Å²) >= 11 is 0. The van der Waals surface area contributed by atoms with Gasteiger partial charge in [-0.1, -0.05) is 6.07 Å². The number of fused-ring (bicyclic) bond motifs is 1. The van der Waals surface area contributed by atoms with Gasteiger partial charge in [-0.3, -0.25) is 5.10 Å². The summed E-state index contributed by atoms with van der Waals surface area (Å²) in [5, 5.41) is 11.3. The van der Waals surface area contributed by atoms with Gasteiger partial charge < -0.3 is 19.9 Å². The second-order valence-electron chi connectivity index (χ2n) is 7.20. The normalized spacial score (nSPS) is 17.0. The van der Waals surface area contributed by atoms with Crippen LogP contribution in [0.3, 0.4) is 0 Å². The van der Waals surface area contributed by atoms with Crippen molar-refractivity contribution in [2.24, 2.45) is 0 Å². The van der Waals surface area contributed by atoms with Crippen LogP contribution in [0.4, 0.5) is 4.79 Å². The molecule has 148 valence electrons. The Morgan fingerprint density at radius 2 is 2.32 bits per heavy atom. The average molecular weight is 381 g/mol. The Kier molecular flexibility index (Phi) is 5.50. The van der Waals surface area contributed by atoms with Gasteiger partial charge in [0.2, 0.25) is 0 Å². The van der Waals surface area contributed by atoms with E-state index in [-0.39, 0.29) is 6.03 Å². The second kappa shape index (κ2) is 8.37. The molecule has 1 fully saturated rings. The molecule has 28 heavy (non-hydrogen) atoms. The van der Waals surface area contributed by atoms with Crippen LogP contribution in [0.1, 0.15) is 36.9 Å². The Morgan fingerprint density at radius 3 is 3.14 bits per heavy atom. The van der Waals surface area contributed by atoms with E-state index in [1.54, 1.807) is 6.20 Å². The lowest BCUT2D eigenvalue weighted by Crippen LogP contribution is -2.45. The Balaban J connectivity index is 1.35. The molecular formula is C21H27N5O2. The highest BCUT2D eigenvalue weighted by molar-refractivity contribution is 5.89. The summed E-state index contributed by atoms with van der Waals surface area (Å²) in [6.45, 7) is 4.75. The summed E-state index contributed by atoms with van der Waals surface area (Å²) in [5.74, 6) is 1.23. The number of H-pyrrole nitrogens is 2. The lowest BCUT2D eigenvalue weighted by Gasteiger charge is -2.32. The van der Waals surface area contributed by atoms with E-state index in [1.165, 1.54) is 0 Å². The molecule has 0 radical (unpaired) electrons. The van der Waals surface area contributed by atoms with E-state index in [0.717, 1.165) is 60.3 Å². The molecule has 1 aliphatic rings. The molecule has 0 saturated carbocycles. The van der Waals surface area contributed by atoms with E-state index in [1.807, 2.05) is 42.3 Å². The fraction of sp³-hybridized carbons (Fsp3) is 0.429. The van der Waals surface area contributed by atoms with Gasteiger partial charge in [0.25, 0.3) is 0 Å². The molecule has 2 aromatic heterocycles. The van der Waals surface area contributed by atoms with Crippen molar-refractivity contribution in [1.29, 1.82) is 0 Å². The number of nitrogens with one attached hydrogen (secondary N) is 3. The molecule has 0 aliphatic carbocycles. The zero-order valence-electron chi connectivity index (χ0n) is 16.2. The van der Waals surface area contributed by atoms with E-state index in [2.05, 4.69) is 20.5 Å². The number of hydrogen-bond acceptors (Lipinski definition) is 3. The third-order valence-electron chi connectivity index (χ3n) is 5.39. The summed E-state index contributed by atoms with van der Waals surface area (Å²) < 4.78 is 5.76. The minimum absolute atomic E-state index is 0.00842. The van der Waals surface area contributed by atoms with Gasteiger partial charge in [0.1, 0.15) is 5.75 Å². The molecule has 4 rings (SSSR count). The first-order valence-corrected chi connectivity index (χ1v) is 10.00. The van der Waals surface area contributed by atoms with Crippen molar-refractivity contribution in [3.63, 3.8) is 0 Å². The van der Waals surface area contributed by atoms with Crippen molar-refractivity contribution in [2.75, 3.05) is 26.2 Å². The number of likely N-dealkylation sites (tertiary alicyclic amines) is 1. The van der Waals surface area contributed by atoms with E-state index in [0.29, 0.717) is 19.1 Å². The SMILES string of the molecule is CCOc1cccc2[nH]cc(CCNC(=O)N3CCCC(c4ccn[nH]4)C3)c12. The van der Waals surface area contributed by atoms with Crippen molar-refractivity contribution in [2.45, 2.75) is 32.1 Å². The van der Waals surface area contributed by atoms with Crippen LogP contribution in [0.5, 0.6) is 5.75 Å². The van der Waals surface area contributed by atoms with E-state index < -0.39 is 0 Å². The molecule has 1 aliphatic heterocycles. The van der Waals surface area contributed by atoms with Crippen molar-refractivity contribution >= 4 is 16.9 Å². The zero-order chi connectivity index (χ0) is 19.3. The van der Waals surface area contributed by atoms with Gasteiger partial charge in [-0.25, -0.2) is 4.79 Å². The van der Waals surface area contributed by atoms with Crippen molar-refractivity contribution in [3.8, 4) is 5.75 Å². The maximum Gasteiger partial charge on any atom is 0.317 e. The summed E-state index contributed by atoms with van der Waals surface area (Å²) in [5.41, 5.74) is 3.33. The number of hydrogen-bond donors (Lipinski definition) is 3. The third-order valence-corrected chi connectivity index (χ3v) is 5.39. The largest absolute Gasteiger partial charge is 0.493 e. The number of aromatic amines is 2. The van der Waals surface area contributed by atoms with Gasteiger partial charge in [-0.15, -0.1) is 0 Å². The minimum Gasteiger partial charge on any atom is -0.493 e. The highest BCUT2D eigenvalue weighted by Crippen LogP contribution is 2.29. The first-order valence-electron chi connectivity index (χ1n) is 10.00. The molecule has 1 unspecified atom stereocenters. The molecule has 0 bridgehead atoms. The van der Waals surface area contributed by atoms with Crippen LogP contribution < -0.4 is 10.1 Å². The number of amides is 2. The summed E-state index contributed by atoms with van der Waals surface area (Å²) in [4.78, 5) is 17.8. The molecule has 1 saturated heterocycles. The van der Waals surface area contributed by atoms with Crippen LogP contribution in [0.2, 0.25) is 0 Å². The summed E-state index contributed by atoms with van der Waals surface area (Å²) in [7, 11) is 0. The van der Waals surface area contributed by atoms with Crippen LogP contribution in [0.25, 0.3) is 10.9 Å². The fourth-order valence-corrected chi connectivity index (χ4v) is 4.02. The Morgan fingerprint density at radius 1 is 1.39 bits per heavy atom. The first-order chi connectivity index (χ1) is 13.8. The maximum atomic E-state index is 12.6. The molecule has 3 N–H and O–H groups in total. The van der Waals surface area contributed by atoms with E-state index in [9.17, 15) is 4.79 Å². The van der Waals surface area contributed by atoms with Crippen LogP contribution in [0, 0.1) is 0 Å². The smallest absolute Gasteiger partial charge is 0.317 e. The van der Waals surface area contributed by atoms with Crippen LogP contribution in [-0.2, 0) is 6.42 Å². The number of rotatable bonds is 6. The maximum absolute atomic E-state index is 12.6. The van der Waals surface area contributed by atoms with Gasteiger partial charge in [-0.05, 0) is 49.9 Å². The standard InChI is InChI=1S/C21H27N5O2/c1-2-28-19-7-3-6-18-20(19)15(13-23-18)8-10-22-21(27)26-12-4-5-16(14-26)17-9-11-24-25-17/h3,6-7,9,11,13,16,23H,2,4-5,8,10,12,14H2,1H3,(H,22,27)(H,24,25). The van der Waals surface area contributed by atoms with Crippen LogP contribution in [0.15, 0.2) is 36.7 Å². The first kappa shape index (κ1) is 18.4. The topological polar surface area (TPSA) is 86.0 Å². The predicted molar refractivity (Wildman–Crippen MR) is 109 cm³/mol. The molecular weight excluding hydrogens is 354 g/mol. The molecule has 7 nitrogen and oxygen atoms in total. The number of carbonyl (C=O) groups excluding carboxylic acids is 1. The van der Waals surface area contributed by atoms with Gasteiger partial charge >= 0.3 is 6.03 Å². The predicted octanol–water partition coefficient (Wildman–Crippen LogP) is 3.42. The molecule has 1 aromatic carbocycles. The molecule has 0 spiro atoms. The van der Waals surface area contributed by atoms with Crippen molar-refractivity contribution in [3.05, 3.63) is 47.9 Å². The van der Waals surface area contributed by atoms with Gasteiger partial charge in [0.15, 0.2) is 0 Å². The molecule has 3 heterocycles. The molecule has 2 amide bonds. The second-order valence-corrected chi connectivity index (χ2v) is 7.20. The lowest BCUT2D eigenvalue weighted by atomic mass is 9.95. The Bertz CT molecular complexity index is 918. The number of aromatic nitrogens is 3. The quantitative estimate of drug-likeness (QED) is 0.611. The number of ether oxygens (including phenoxy) is 1. The number of piperidine rings is 1. The summed E-state index contributed by atoms with van der Waals surface area (Å²) in [6.07, 6.45) is 6.63. The zero-order valence-corrected chi connectivity index (χ0v) is 16.2. The van der Waals surface area contributed by atoms with Gasteiger partial charge in [0.05, 0.1) is 6.61 Å². The van der Waals surface area contributed by atoms with E-state index >= 15 is 0 Å². The van der Waals surface area contributed by atoms with E-state index in [4.69, 9.17) is 4.74 Å². The highest BCUT2D eigenvalue weighted by atomic mass is 16.5. The average Bonchev–Trinajstić information content (AvgIpc) is 3.39. The van der Waals surface area contributed by atoms with Crippen molar-refractivity contribution < 1.29 is 9.53 Å². The molecule has 1 atom stereocenters. The Hall–Kier alpha value is -2.96. The monoisotopic (exact) mass is 381 g/mol. The fourth-order valence-electron chi connectivity index (χ4n) is 4.02. The number of carbonyl (C=O) groups is 1. The van der Waals surface area contributed by atoms with Gasteiger partial charge in [0, 0.05) is 54.5 Å². The van der Waals surface area contributed by atoms with Gasteiger partial charge in [-0.2, -0.15) is 5.10 Å². The third kappa shape index (κ3) is 3.83. The highest BCUT2D eigenvalue weighted by Gasteiger charge is 2.25. The number of benzene rings is 1. The Labute approximate surface area is 164 Å².